The van der Waals surface area contributed by atoms with E-state index in [1.165, 1.54) is 0 Å². The van der Waals surface area contributed by atoms with E-state index in [0.717, 1.165) is 35.2 Å². The Labute approximate surface area is 209 Å². The highest BCUT2D eigenvalue weighted by Crippen LogP contribution is 2.27. The van der Waals surface area contributed by atoms with Crippen LogP contribution in [0.1, 0.15) is 41.6 Å². The number of aromatic nitrogens is 4. The van der Waals surface area contributed by atoms with Crippen molar-refractivity contribution in [1.82, 2.24) is 24.8 Å². The van der Waals surface area contributed by atoms with Crippen LogP contribution in [-0.2, 0) is 11.3 Å². The van der Waals surface area contributed by atoms with Gasteiger partial charge in [0, 0.05) is 41.5 Å². The van der Waals surface area contributed by atoms with Gasteiger partial charge in [0.1, 0.15) is 0 Å². The first kappa shape index (κ1) is 23.1. The maximum absolute atomic E-state index is 13.1. The monoisotopic (exact) mass is 487 g/mol. The van der Waals surface area contributed by atoms with E-state index in [1.807, 2.05) is 76.5 Å². The molecule has 3 heterocycles. The van der Waals surface area contributed by atoms with E-state index in [1.54, 1.807) is 13.0 Å². The summed E-state index contributed by atoms with van der Waals surface area (Å²) in [6.45, 7) is 3.63. The maximum Gasteiger partial charge on any atom is 0.246 e. The highest BCUT2D eigenvalue weighted by atomic mass is 35.5. The third-order valence-electron chi connectivity index (χ3n) is 6.16. The fourth-order valence-corrected chi connectivity index (χ4v) is 4.58. The number of rotatable bonds is 6. The van der Waals surface area contributed by atoms with Gasteiger partial charge in [-0.3, -0.25) is 9.48 Å². The number of benzene rings is 2. The van der Waals surface area contributed by atoms with E-state index >= 15 is 0 Å². The Hall–Kier alpha value is -3.71. The summed E-state index contributed by atoms with van der Waals surface area (Å²) in [5.74, 6) is 1.26. The summed E-state index contributed by atoms with van der Waals surface area (Å²) in [5, 5.41) is 9.41. The van der Waals surface area contributed by atoms with Crippen molar-refractivity contribution in [2.75, 3.05) is 13.1 Å². The lowest BCUT2D eigenvalue weighted by atomic mass is 9.98. The molecule has 5 rings (SSSR count). The zero-order valence-electron chi connectivity index (χ0n) is 19.5. The standard InChI is InChI=1S/C27H26ClN5O2/c1-19-29-27(35-31-19)23-11-7-15-32(16-23)25(34)14-13-22-18-33(17-21-10-5-6-12-24(21)28)30-26(22)20-8-3-2-4-9-20/h2-6,8-10,12-14,18,23H,7,11,15-17H2,1H3. The summed E-state index contributed by atoms with van der Waals surface area (Å²) in [4.78, 5) is 19.3. The zero-order chi connectivity index (χ0) is 24.2. The molecule has 4 aromatic rings. The average molecular weight is 488 g/mol. The second kappa shape index (κ2) is 10.3. The molecule has 2 aromatic heterocycles. The molecule has 0 N–H and O–H groups in total. The zero-order valence-corrected chi connectivity index (χ0v) is 20.2. The number of piperidine rings is 1. The number of aryl methyl sites for hydroxylation is 1. The number of carbonyl (C=O) groups excluding carboxylic acids is 1. The molecule has 8 heteroatoms. The van der Waals surface area contributed by atoms with Crippen molar-refractivity contribution in [3.63, 3.8) is 0 Å². The fraction of sp³-hybridized carbons (Fsp3) is 0.259. The Morgan fingerprint density at radius 3 is 2.74 bits per heavy atom. The van der Waals surface area contributed by atoms with Gasteiger partial charge in [-0.15, -0.1) is 0 Å². The van der Waals surface area contributed by atoms with Crippen molar-refractivity contribution in [2.45, 2.75) is 32.2 Å². The molecule has 1 unspecified atom stereocenters. The van der Waals surface area contributed by atoms with E-state index in [4.69, 9.17) is 21.2 Å². The van der Waals surface area contributed by atoms with Gasteiger partial charge in [0.2, 0.25) is 11.8 Å². The predicted octanol–water partition coefficient (Wildman–Crippen LogP) is 5.36. The van der Waals surface area contributed by atoms with E-state index in [-0.39, 0.29) is 11.8 Å². The molecule has 1 fully saturated rings. The molecular weight excluding hydrogens is 462 g/mol. The summed E-state index contributed by atoms with van der Waals surface area (Å²) in [6, 6.07) is 17.7. The highest BCUT2D eigenvalue weighted by Gasteiger charge is 2.27. The van der Waals surface area contributed by atoms with Gasteiger partial charge < -0.3 is 9.42 Å². The first-order valence-electron chi connectivity index (χ1n) is 11.7. The smallest absolute Gasteiger partial charge is 0.246 e. The lowest BCUT2D eigenvalue weighted by molar-refractivity contribution is -0.127. The van der Waals surface area contributed by atoms with E-state index < -0.39 is 0 Å². The van der Waals surface area contributed by atoms with E-state index in [9.17, 15) is 4.79 Å². The highest BCUT2D eigenvalue weighted by molar-refractivity contribution is 6.31. The van der Waals surface area contributed by atoms with Crippen LogP contribution in [0, 0.1) is 6.92 Å². The minimum absolute atomic E-state index is 0.0381. The third kappa shape index (κ3) is 5.35. The molecule has 0 aliphatic carbocycles. The number of nitrogens with zero attached hydrogens (tertiary/aromatic N) is 5. The van der Waals surface area contributed by atoms with Gasteiger partial charge in [0.05, 0.1) is 18.2 Å². The van der Waals surface area contributed by atoms with Crippen molar-refractivity contribution in [3.05, 3.63) is 94.7 Å². The van der Waals surface area contributed by atoms with Gasteiger partial charge in [-0.05, 0) is 37.5 Å². The van der Waals surface area contributed by atoms with Gasteiger partial charge in [0.25, 0.3) is 0 Å². The Morgan fingerprint density at radius 1 is 1.17 bits per heavy atom. The van der Waals surface area contributed by atoms with Crippen LogP contribution in [0.3, 0.4) is 0 Å². The fourth-order valence-electron chi connectivity index (χ4n) is 4.39. The molecule has 7 nitrogen and oxygen atoms in total. The number of amides is 1. The number of halogens is 1. The molecule has 0 bridgehead atoms. The quantitative estimate of drug-likeness (QED) is 0.342. The van der Waals surface area contributed by atoms with Crippen LogP contribution >= 0.6 is 11.6 Å². The van der Waals surface area contributed by atoms with Gasteiger partial charge in [-0.1, -0.05) is 65.3 Å². The first-order chi connectivity index (χ1) is 17.1. The van der Waals surface area contributed by atoms with Crippen LogP contribution < -0.4 is 0 Å². The molecule has 0 spiro atoms. The summed E-state index contributed by atoms with van der Waals surface area (Å²) in [7, 11) is 0. The minimum atomic E-state index is -0.0381. The number of hydrogen-bond donors (Lipinski definition) is 0. The molecule has 1 amide bonds. The average Bonchev–Trinajstić information content (AvgIpc) is 3.50. The SMILES string of the molecule is Cc1noc(C2CCCN(C(=O)C=Cc3cn(Cc4ccccc4Cl)nc3-c3ccccc3)C2)n1. The molecule has 1 atom stereocenters. The van der Waals surface area contributed by atoms with Gasteiger partial charge in [-0.25, -0.2) is 0 Å². The summed E-state index contributed by atoms with van der Waals surface area (Å²) in [6.07, 6.45) is 7.26. The molecular formula is C27H26ClN5O2. The van der Waals surface area contributed by atoms with Crippen LogP contribution in [0.4, 0.5) is 0 Å². The second-order valence-electron chi connectivity index (χ2n) is 8.72. The van der Waals surface area contributed by atoms with Gasteiger partial charge in [0.15, 0.2) is 5.82 Å². The third-order valence-corrected chi connectivity index (χ3v) is 6.53. The number of hydrogen-bond acceptors (Lipinski definition) is 5. The molecule has 1 saturated heterocycles. The first-order valence-corrected chi connectivity index (χ1v) is 12.1. The lowest BCUT2D eigenvalue weighted by Crippen LogP contribution is -2.38. The van der Waals surface area contributed by atoms with Crippen LogP contribution in [0.25, 0.3) is 17.3 Å². The molecule has 1 aliphatic heterocycles. The molecule has 1 aliphatic rings. The lowest BCUT2D eigenvalue weighted by Gasteiger charge is -2.30. The molecule has 35 heavy (non-hydrogen) atoms. The Bertz CT molecular complexity index is 1340. The van der Waals surface area contributed by atoms with E-state index in [2.05, 4.69) is 10.1 Å². The summed E-state index contributed by atoms with van der Waals surface area (Å²) >= 11 is 6.36. The topological polar surface area (TPSA) is 77.0 Å². The number of carbonyl (C=O) groups is 1. The predicted molar refractivity (Wildman–Crippen MR) is 135 cm³/mol. The van der Waals surface area contributed by atoms with Crippen molar-refractivity contribution < 1.29 is 9.32 Å². The van der Waals surface area contributed by atoms with Gasteiger partial charge in [-0.2, -0.15) is 10.1 Å². The van der Waals surface area contributed by atoms with Crippen LogP contribution in [0.15, 0.2) is 71.4 Å². The van der Waals surface area contributed by atoms with E-state index in [0.29, 0.717) is 36.4 Å². The van der Waals surface area contributed by atoms with Crippen LogP contribution in [0.5, 0.6) is 0 Å². The minimum Gasteiger partial charge on any atom is -0.339 e. The largest absolute Gasteiger partial charge is 0.339 e. The molecule has 0 saturated carbocycles. The summed E-state index contributed by atoms with van der Waals surface area (Å²) < 4.78 is 7.21. The van der Waals surface area contributed by atoms with Crippen molar-refractivity contribution in [1.29, 1.82) is 0 Å². The van der Waals surface area contributed by atoms with Crippen LogP contribution in [0.2, 0.25) is 5.02 Å². The van der Waals surface area contributed by atoms with Crippen molar-refractivity contribution in [2.24, 2.45) is 0 Å². The van der Waals surface area contributed by atoms with Crippen LogP contribution in [-0.4, -0.2) is 43.8 Å². The Balaban J connectivity index is 1.37. The number of likely N-dealkylation sites (tertiary alicyclic amines) is 1. The molecule has 0 radical (unpaired) electrons. The van der Waals surface area contributed by atoms with Crippen molar-refractivity contribution >= 4 is 23.6 Å². The van der Waals surface area contributed by atoms with Crippen molar-refractivity contribution in [3.8, 4) is 11.3 Å². The normalized spacial score (nSPS) is 16.2. The molecule has 178 valence electrons. The molecule has 2 aromatic carbocycles. The van der Waals surface area contributed by atoms with Gasteiger partial charge >= 0.3 is 0 Å². The Kier molecular flexibility index (Phi) is 6.77. The second-order valence-corrected chi connectivity index (χ2v) is 9.13. The Morgan fingerprint density at radius 2 is 1.97 bits per heavy atom. The maximum atomic E-state index is 13.1. The summed E-state index contributed by atoms with van der Waals surface area (Å²) in [5.41, 5.74) is 3.66.